The largest absolute Gasteiger partial charge is 0.481 e. The van der Waals surface area contributed by atoms with Gasteiger partial charge in [-0.3, -0.25) is 9.59 Å². The Balaban J connectivity index is 1.41. The Morgan fingerprint density at radius 3 is 2.06 bits per heavy atom. The highest BCUT2D eigenvalue weighted by atomic mass is 16.5. The van der Waals surface area contributed by atoms with E-state index in [9.17, 15) is 14.7 Å². The fraction of sp³-hybridized carbons (Fsp3) is 0.143. The molecule has 1 aliphatic carbocycles. The van der Waals surface area contributed by atoms with Crippen LogP contribution in [0.3, 0.4) is 0 Å². The highest BCUT2D eigenvalue weighted by Crippen LogP contribution is 2.44. The number of aliphatic carboxylic acids is 1. The molecule has 0 bridgehead atoms. The third-order valence-corrected chi connectivity index (χ3v) is 6.42. The Hall–Kier alpha value is -3.96. The van der Waals surface area contributed by atoms with Gasteiger partial charge in [0.05, 0.1) is 6.04 Å². The number of carboxylic acids is 1. The second-order valence-electron chi connectivity index (χ2n) is 8.27. The van der Waals surface area contributed by atoms with E-state index in [1.807, 2.05) is 84.9 Å². The quantitative estimate of drug-likeness (QED) is 0.331. The number of benzene rings is 4. The molecule has 1 aliphatic rings. The van der Waals surface area contributed by atoms with Crippen LogP contribution in [-0.2, 0) is 14.3 Å². The maximum absolute atomic E-state index is 13.0. The van der Waals surface area contributed by atoms with Crippen LogP contribution in [0, 0.1) is 5.92 Å². The molecule has 2 atom stereocenters. The number of rotatable bonds is 6. The summed E-state index contributed by atoms with van der Waals surface area (Å²) in [5.41, 5.74) is 11.3. The van der Waals surface area contributed by atoms with Gasteiger partial charge in [0, 0.05) is 5.92 Å². The Morgan fingerprint density at radius 2 is 1.39 bits per heavy atom. The predicted octanol–water partition coefficient (Wildman–Crippen LogP) is 4.90. The first-order valence-electron chi connectivity index (χ1n) is 10.9. The number of carbonyl (C=O) groups excluding carboxylic acids is 1. The summed E-state index contributed by atoms with van der Waals surface area (Å²) < 4.78 is 5.62. The van der Waals surface area contributed by atoms with Crippen LogP contribution in [0.1, 0.15) is 28.7 Å². The fourth-order valence-corrected chi connectivity index (χ4v) is 4.82. The molecule has 5 heteroatoms. The number of ether oxygens (including phenoxy) is 1. The minimum atomic E-state index is -1.51. The number of carboxylic acid groups (broad SMARTS) is 1. The normalized spacial score (nSPS) is 14.3. The molecule has 3 N–H and O–H groups in total. The smallest absolute Gasteiger partial charge is 0.322 e. The summed E-state index contributed by atoms with van der Waals surface area (Å²) in [4.78, 5) is 25.1. The van der Waals surface area contributed by atoms with Gasteiger partial charge in [0.25, 0.3) is 0 Å². The zero-order chi connectivity index (χ0) is 22.9. The van der Waals surface area contributed by atoms with Gasteiger partial charge in [0.15, 0.2) is 5.92 Å². The van der Waals surface area contributed by atoms with Crippen molar-refractivity contribution in [3.05, 3.63) is 108 Å². The van der Waals surface area contributed by atoms with Crippen molar-refractivity contribution < 1.29 is 19.4 Å². The lowest BCUT2D eigenvalue weighted by Crippen LogP contribution is -2.36. The van der Waals surface area contributed by atoms with Crippen molar-refractivity contribution in [1.82, 2.24) is 0 Å². The van der Waals surface area contributed by atoms with Crippen LogP contribution in [0.25, 0.3) is 21.9 Å². The first-order chi connectivity index (χ1) is 16.1. The summed E-state index contributed by atoms with van der Waals surface area (Å²) in [5, 5.41) is 11.6. The van der Waals surface area contributed by atoms with Gasteiger partial charge in [0.1, 0.15) is 6.61 Å². The molecule has 0 radical (unpaired) electrons. The second kappa shape index (κ2) is 8.52. The zero-order valence-electron chi connectivity index (χ0n) is 17.8. The minimum absolute atomic E-state index is 0.0545. The lowest BCUT2D eigenvalue weighted by Gasteiger charge is -2.22. The van der Waals surface area contributed by atoms with Gasteiger partial charge in [-0.05, 0) is 38.6 Å². The van der Waals surface area contributed by atoms with E-state index in [1.165, 1.54) is 0 Å². The van der Waals surface area contributed by atoms with Crippen molar-refractivity contribution in [2.24, 2.45) is 11.7 Å². The van der Waals surface area contributed by atoms with Gasteiger partial charge in [-0.1, -0.05) is 91.0 Å². The summed E-state index contributed by atoms with van der Waals surface area (Å²) in [5.74, 6) is -3.79. The van der Waals surface area contributed by atoms with Crippen LogP contribution in [0.2, 0.25) is 0 Å². The average molecular weight is 437 g/mol. The summed E-state index contributed by atoms with van der Waals surface area (Å²) in [6.45, 7) is 0.0545. The Kier molecular flexibility index (Phi) is 5.40. The summed E-state index contributed by atoms with van der Waals surface area (Å²) in [6.07, 6.45) is 0. The summed E-state index contributed by atoms with van der Waals surface area (Å²) in [6, 6.07) is 28.0. The molecular weight excluding hydrogens is 414 g/mol. The topological polar surface area (TPSA) is 89.6 Å². The highest BCUT2D eigenvalue weighted by molar-refractivity contribution is 5.96. The predicted molar refractivity (Wildman–Crippen MR) is 127 cm³/mol. The summed E-state index contributed by atoms with van der Waals surface area (Å²) in [7, 11) is 0. The van der Waals surface area contributed by atoms with E-state index in [0.29, 0.717) is 5.56 Å². The molecule has 0 spiro atoms. The lowest BCUT2D eigenvalue weighted by atomic mass is 9.90. The number of nitrogens with two attached hydrogens (primary N) is 1. The molecule has 0 aliphatic heterocycles. The van der Waals surface area contributed by atoms with Crippen LogP contribution in [0.4, 0.5) is 0 Å². The molecule has 4 aromatic carbocycles. The number of esters is 1. The van der Waals surface area contributed by atoms with Gasteiger partial charge in [-0.15, -0.1) is 0 Å². The molecule has 0 heterocycles. The number of carbonyl (C=O) groups is 2. The van der Waals surface area contributed by atoms with Gasteiger partial charge in [0.2, 0.25) is 0 Å². The zero-order valence-corrected chi connectivity index (χ0v) is 17.8. The molecule has 33 heavy (non-hydrogen) atoms. The molecule has 0 saturated carbocycles. The van der Waals surface area contributed by atoms with E-state index in [1.54, 1.807) is 6.07 Å². The van der Waals surface area contributed by atoms with Crippen LogP contribution < -0.4 is 5.73 Å². The highest BCUT2D eigenvalue weighted by Gasteiger charge is 2.37. The molecule has 4 aromatic rings. The molecule has 5 nitrogen and oxygen atoms in total. The van der Waals surface area contributed by atoms with E-state index < -0.39 is 23.9 Å². The van der Waals surface area contributed by atoms with Crippen molar-refractivity contribution in [3.8, 4) is 11.1 Å². The number of fused-ring (bicyclic) bond motifs is 4. The van der Waals surface area contributed by atoms with Crippen LogP contribution in [0.5, 0.6) is 0 Å². The van der Waals surface area contributed by atoms with E-state index in [0.717, 1.165) is 33.0 Å². The Bertz CT molecular complexity index is 1310. The number of hydrogen-bond donors (Lipinski definition) is 2. The maximum atomic E-state index is 13.0. The van der Waals surface area contributed by atoms with Crippen LogP contribution in [-0.4, -0.2) is 23.7 Å². The second-order valence-corrected chi connectivity index (χ2v) is 8.27. The van der Waals surface area contributed by atoms with E-state index in [4.69, 9.17) is 10.5 Å². The number of hydrogen-bond acceptors (Lipinski definition) is 4. The van der Waals surface area contributed by atoms with Crippen molar-refractivity contribution in [2.45, 2.75) is 12.0 Å². The third-order valence-electron chi connectivity index (χ3n) is 6.42. The average Bonchev–Trinajstić information content (AvgIpc) is 3.16. The first kappa shape index (κ1) is 20.9. The van der Waals surface area contributed by atoms with Crippen molar-refractivity contribution >= 4 is 22.7 Å². The van der Waals surface area contributed by atoms with Crippen molar-refractivity contribution in [3.63, 3.8) is 0 Å². The molecule has 0 fully saturated rings. The fourth-order valence-electron chi connectivity index (χ4n) is 4.82. The molecule has 1 unspecified atom stereocenters. The molecule has 164 valence electrons. The minimum Gasteiger partial charge on any atom is -0.481 e. The van der Waals surface area contributed by atoms with Crippen LogP contribution >= 0.6 is 0 Å². The van der Waals surface area contributed by atoms with Gasteiger partial charge < -0.3 is 15.6 Å². The van der Waals surface area contributed by atoms with E-state index >= 15 is 0 Å². The standard InChI is InChI=1S/C28H23NO4/c29-26(23-15-7-9-17-8-1-2-10-18(17)23)25(27(30)31)28(32)33-16-24-21-13-5-3-11-19(21)20-12-4-6-14-22(20)24/h1-15,24-26H,16,29H2,(H,30,31)/t25-,26?/m1/s1. The van der Waals surface area contributed by atoms with Gasteiger partial charge in [-0.25, -0.2) is 0 Å². The third kappa shape index (κ3) is 3.66. The molecule has 0 saturated heterocycles. The SMILES string of the molecule is NC(c1cccc2ccccc12)[C@H](C(=O)O)C(=O)OCC1c2ccccc2-c2ccccc21. The summed E-state index contributed by atoms with van der Waals surface area (Å²) >= 11 is 0. The van der Waals surface area contributed by atoms with Gasteiger partial charge in [-0.2, -0.15) is 0 Å². The maximum Gasteiger partial charge on any atom is 0.322 e. The van der Waals surface area contributed by atoms with Crippen molar-refractivity contribution in [1.29, 1.82) is 0 Å². The van der Waals surface area contributed by atoms with Crippen molar-refractivity contribution in [2.75, 3.05) is 6.61 Å². The molecule has 0 aromatic heterocycles. The Morgan fingerprint density at radius 1 is 0.818 bits per heavy atom. The lowest BCUT2D eigenvalue weighted by molar-refractivity contribution is -0.160. The monoisotopic (exact) mass is 437 g/mol. The van der Waals surface area contributed by atoms with Crippen LogP contribution in [0.15, 0.2) is 91.0 Å². The molecule has 5 rings (SSSR count). The van der Waals surface area contributed by atoms with E-state index in [-0.39, 0.29) is 12.5 Å². The first-order valence-corrected chi connectivity index (χ1v) is 10.9. The molecular formula is C28H23NO4. The molecule has 0 amide bonds. The Labute approximate surface area is 191 Å². The van der Waals surface area contributed by atoms with E-state index in [2.05, 4.69) is 0 Å². The van der Waals surface area contributed by atoms with Gasteiger partial charge >= 0.3 is 11.9 Å².